The molecule has 0 aromatic carbocycles. The molecule has 1 rings (SSSR count). The summed E-state index contributed by atoms with van der Waals surface area (Å²) in [5, 5.41) is 12.6. The second kappa shape index (κ2) is 7.79. The number of nitrogens with zero attached hydrogens (tertiary/aromatic N) is 1. The number of hydrogen-bond acceptors (Lipinski definition) is 2. The topological polar surface area (TPSA) is 35.8 Å². The molecule has 0 spiro atoms. The van der Waals surface area contributed by atoms with Crippen LogP contribution in [0.4, 0.5) is 0 Å². The molecule has 1 fully saturated rings. The maximum atomic E-state index is 8.94. The molecular formula is C16H30N2. The van der Waals surface area contributed by atoms with E-state index in [0.29, 0.717) is 6.04 Å². The SMILES string of the molecule is CC(NCCCCC(C)(C)C#N)C1CCCCC1. The van der Waals surface area contributed by atoms with Gasteiger partial charge in [-0.2, -0.15) is 5.26 Å². The van der Waals surface area contributed by atoms with E-state index < -0.39 is 0 Å². The van der Waals surface area contributed by atoms with Gasteiger partial charge < -0.3 is 5.32 Å². The Morgan fingerprint density at radius 1 is 1.22 bits per heavy atom. The van der Waals surface area contributed by atoms with Gasteiger partial charge in [0.2, 0.25) is 0 Å². The van der Waals surface area contributed by atoms with Gasteiger partial charge in [0.15, 0.2) is 0 Å². The first-order valence-electron chi connectivity index (χ1n) is 7.70. The molecule has 2 heteroatoms. The Kier molecular flexibility index (Phi) is 6.71. The van der Waals surface area contributed by atoms with E-state index in [2.05, 4.69) is 18.3 Å². The van der Waals surface area contributed by atoms with Crippen LogP contribution < -0.4 is 5.32 Å². The predicted molar refractivity (Wildman–Crippen MR) is 77.3 cm³/mol. The summed E-state index contributed by atoms with van der Waals surface area (Å²) in [5.74, 6) is 0.897. The largest absolute Gasteiger partial charge is 0.314 e. The van der Waals surface area contributed by atoms with E-state index in [0.717, 1.165) is 25.3 Å². The Bertz CT molecular complexity index is 259. The van der Waals surface area contributed by atoms with Crippen molar-refractivity contribution < 1.29 is 0 Å². The Balaban J connectivity index is 2.05. The average Bonchev–Trinajstić information content (AvgIpc) is 2.39. The molecule has 0 aromatic heterocycles. The summed E-state index contributed by atoms with van der Waals surface area (Å²) < 4.78 is 0. The van der Waals surface area contributed by atoms with E-state index in [1.807, 2.05) is 13.8 Å². The molecule has 0 amide bonds. The van der Waals surface area contributed by atoms with Crippen LogP contribution in [0.3, 0.4) is 0 Å². The van der Waals surface area contributed by atoms with Crippen molar-refractivity contribution in [1.29, 1.82) is 5.26 Å². The minimum Gasteiger partial charge on any atom is -0.314 e. The number of hydrogen-bond donors (Lipinski definition) is 1. The number of rotatable bonds is 7. The fourth-order valence-electron chi connectivity index (χ4n) is 2.88. The van der Waals surface area contributed by atoms with Crippen LogP contribution in [0.2, 0.25) is 0 Å². The van der Waals surface area contributed by atoms with Gasteiger partial charge >= 0.3 is 0 Å². The molecule has 104 valence electrons. The zero-order valence-electron chi connectivity index (χ0n) is 12.5. The van der Waals surface area contributed by atoms with Crippen molar-refractivity contribution in [2.45, 2.75) is 78.2 Å². The first-order chi connectivity index (χ1) is 8.55. The van der Waals surface area contributed by atoms with Gasteiger partial charge in [0.1, 0.15) is 0 Å². The monoisotopic (exact) mass is 250 g/mol. The zero-order valence-corrected chi connectivity index (χ0v) is 12.5. The van der Waals surface area contributed by atoms with Gasteiger partial charge in [-0.05, 0) is 58.9 Å². The molecule has 2 nitrogen and oxygen atoms in total. The van der Waals surface area contributed by atoms with E-state index in [1.54, 1.807) is 0 Å². The first kappa shape index (κ1) is 15.5. The molecule has 1 atom stereocenters. The highest BCUT2D eigenvalue weighted by Gasteiger charge is 2.19. The summed E-state index contributed by atoms with van der Waals surface area (Å²) >= 11 is 0. The van der Waals surface area contributed by atoms with Crippen molar-refractivity contribution in [2.75, 3.05) is 6.54 Å². The Hall–Kier alpha value is -0.550. The number of nitriles is 1. The smallest absolute Gasteiger partial charge is 0.0683 e. The highest BCUT2D eigenvalue weighted by molar-refractivity contribution is 4.91. The summed E-state index contributed by atoms with van der Waals surface area (Å²) in [5.41, 5.74) is -0.144. The molecular weight excluding hydrogens is 220 g/mol. The molecule has 0 aliphatic heterocycles. The van der Waals surface area contributed by atoms with Crippen molar-refractivity contribution in [1.82, 2.24) is 5.32 Å². The summed E-state index contributed by atoms with van der Waals surface area (Å²) in [6.07, 6.45) is 10.5. The summed E-state index contributed by atoms with van der Waals surface area (Å²) in [4.78, 5) is 0. The third-order valence-corrected chi connectivity index (χ3v) is 4.35. The maximum Gasteiger partial charge on any atom is 0.0683 e. The second-order valence-electron chi connectivity index (χ2n) is 6.59. The Labute approximate surface area is 113 Å². The molecule has 18 heavy (non-hydrogen) atoms. The molecule has 0 bridgehead atoms. The van der Waals surface area contributed by atoms with Gasteiger partial charge in [-0.1, -0.05) is 25.7 Å². The summed E-state index contributed by atoms with van der Waals surface area (Å²) in [7, 11) is 0. The third kappa shape index (κ3) is 5.87. The standard InChI is InChI=1S/C16H30N2/c1-14(15-9-5-4-6-10-15)18-12-8-7-11-16(2,3)13-17/h14-15,18H,4-12H2,1-3H3. The van der Waals surface area contributed by atoms with Crippen LogP contribution in [-0.4, -0.2) is 12.6 Å². The van der Waals surface area contributed by atoms with E-state index in [1.165, 1.54) is 38.5 Å². The van der Waals surface area contributed by atoms with Gasteiger partial charge in [0.05, 0.1) is 11.5 Å². The van der Waals surface area contributed by atoms with Crippen LogP contribution in [0.1, 0.15) is 72.1 Å². The lowest BCUT2D eigenvalue weighted by molar-refractivity contribution is 0.279. The van der Waals surface area contributed by atoms with Crippen molar-refractivity contribution in [3.63, 3.8) is 0 Å². The summed E-state index contributed by atoms with van der Waals surface area (Å²) in [6.45, 7) is 7.52. The molecule has 1 unspecified atom stereocenters. The van der Waals surface area contributed by atoms with Crippen LogP contribution in [0, 0.1) is 22.7 Å². The van der Waals surface area contributed by atoms with Crippen LogP contribution in [-0.2, 0) is 0 Å². The van der Waals surface area contributed by atoms with E-state index in [9.17, 15) is 0 Å². The van der Waals surface area contributed by atoms with Gasteiger partial charge in [0, 0.05) is 6.04 Å². The predicted octanol–water partition coefficient (Wildman–Crippen LogP) is 4.26. The van der Waals surface area contributed by atoms with Crippen molar-refractivity contribution in [3.8, 4) is 6.07 Å². The number of unbranched alkanes of at least 4 members (excludes halogenated alkanes) is 1. The quantitative estimate of drug-likeness (QED) is 0.685. The minimum absolute atomic E-state index is 0.144. The molecule has 0 radical (unpaired) electrons. The molecule has 0 aromatic rings. The maximum absolute atomic E-state index is 8.94. The van der Waals surface area contributed by atoms with Crippen LogP contribution in [0.25, 0.3) is 0 Å². The lowest BCUT2D eigenvalue weighted by Crippen LogP contribution is -2.35. The lowest BCUT2D eigenvalue weighted by Gasteiger charge is -2.28. The van der Waals surface area contributed by atoms with Crippen molar-refractivity contribution >= 4 is 0 Å². The zero-order chi connectivity index (χ0) is 13.4. The molecule has 1 N–H and O–H groups in total. The fraction of sp³-hybridized carbons (Fsp3) is 0.938. The highest BCUT2D eigenvalue weighted by Crippen LogP contribution is 2.26. The van der Waals surface area contributed by atoms with Crippen LogP contribution in [0.5, 0.6) is 0 Å². The number of nitrogens with one attached hydrogen (secondary N) is 1. The lowest BCUT2D eigenvalue weighted by atomic mass is 9.84. The third-order valence-electron chi connectivity index (χ3n) is 4.35. The molecule has 1 saturated carbocycles. The molecule has 1 aliphatic rings. The van der Waals surface area contributed by atoms with Gasteiger partial charge in [-0.3, -0.25) is 0 Å². The highest BCUT2D eigenvalue weighted by atomic mass is 14.9. The minimum atomic E-state index is -0.144. The summed E-state index contributed by atoms with van der Waals surface area (Å²) in [6, 6.07) is 3.05. The van der Waals surface area contributed by atoms with Crippen molar-refractivity contribution in [3.05, 3.63) is 0 Å². The molecule has 1 aliphatic carbocycles. The normalized spacial score (nSPS) is 19.4. The van der Waals surface area contributed by atoms with E-state index in [-0.39, 0.29) is 5.41 Å². The fourth-order valence-corrected chi connectivity index (χ4v) is 2.88. The van der Waals surface area contributed by atoms with Gasteiger partial charge in [-0.25, -0.2) is 0 Å². The molecule has 0 heterocycles. The average molecular weight is 250 g/mol. The van der Waals surface area contributed by atoms with Crippen molar-refractivity contribution in [2.24, 2.45) is 11.3 Å². The van der Waals surface area contributed by atoms with E-state index >= 15 is 0 Å². The van der Waals surface area contributed by atoms with Gasteiger partial charge in [-0.15, -0.1) is 0 Å². The molecule has 0 saturated heterocycles. The second-order valence-corrected chi connectivity index (χ2v) is 6.59. The van der Waals surface area contributed by atoms with Crippen LogP contribution >= 0.6 is 0 Å². The van der Waals surface area contributed by atoms with Crippen LogP contribution in [0.15, 0.2) is 0 Å². The first-order valence-corrected chi connectivity index (χ1v) is 7.70. The van der Waals surface area contributed by atoms with E-state index in [4.69, 9.17) is 5.26 Å². The Morgan fingerprint density at radius 2 is 1.89 bits per heavy atom. The van der Waals surface area contributed by atoms with Gasteiger partial charge in [0.25, 0.3) is 0 Å². The Morgan fingerprint density at radius 3 is 2.50 bits per heavy atom.